The lowest BCUT2D eigenvalue weighted by Gasteiger charge is -2.17. The number of halogens is 2. The number of aryl methyl sites for hydroxylation is 2. The minimum atomic E-state index is 0.124. The van der Waals surface area contributed by atoms with Gasteiger partial charge in [0.15, 0.2) is 35.7 Å². The third kappa shape index (κ3) is 11.6. The maximum Gasteiger partial charge on any atom is 0.231 e. The highest BCUT2D eigenvalue weighted by Crippen LogP contribution is 2.41. The van der Waals surface area contributed by atoms with E-state index in [1.165, 1.54) is 16.8 Å². The molecule has 0 radical (unpaired) electrons. The van der Waals surface area contributed by atoms with Gasteiger partial charge in [-0.15, -0.1) is 0 Å². The fourth-order valence-electron chi connectivity index (χ4n) is 6.47. The summed E-state index contributed by atoms with van der Waals surface area (Å²) in [6.07, 6.45) is 6.79. The zero-order chi connectivity index (χ0) is 41.7. The molecule has 0 spiro atoms. The monoisotopic (exact) mass is 840 g/mol. The number of aromatic nitrogens is 1. The molecule has 0 saturated carbocycles. The predicted molar refractivity (Wildman–Crippen MR) is 237 cm³/mol. The standard InChI is InChI=1S/C22H30Cl2N10.C20H18NO4/c23-15-5-9-17(10-6-15)31-21(27)33-19(25)29-13-3-1-2-4-14-30-20(26)34-22(28)32-18-11-7-16(24)8-12-18;1-22-17-4-3-12-7-16-14-9-19-18(24-11-25-19)8-13(14)5-6-21(16)10-15(12)20(17)23-2/h5-12H,1-4,13-14H2,(H5,25,27,29,31,33)(H5,26,28,30,32,34);3-4,7-10H,5-6,11H2,1-2H3/q;+1. The van der Waals surface area contributed by atoms with Gasteiger partial charge < -0.3 is 52.5 Å². The quantitative estimate of drug-likeness (QED) is 0.0370. The molecule has 0 saturated heterocycles. The Morgan fingerprint density at radius 2 is 1.27 bits per heavy atom. The number of benzene rings is 4. The van der Waals surface area contributed by atoms with Gasteiger partial charge in [0.2, 0.25) is 36.3 Å². The van der Waals surface area contributed by atoms with Crippen molar-refractivity contribution < 1.29 is 23.5 Å². The van der Waals surface area contributed by atoms with Crippen molar-refractivity contribution in [1.29, 1.82) is 0 Å². The lowest BCUT2D eigenvalue weighted by molar-refractivity contribution is -0.686. The summed E-state index contributed by atoms with van der Waals surface area (Å²) in [4.78, 5) is 16.5. The SMILES string of the molecule is COc1ccc2cc3[n+](cc2c1OC)CCc1cc2c(cc1-3)OCO2.NC(=NCCCCCCN=C(N)/N=C(\N)Nc1ccc(Cl)cc1)/N=C(\N)Nc1ccc(Cl)cc1. The van der Waals surface area contributed by atoms with Gasteiger partial charge >= 0.3 is 0 Å². The minimum absolute atomic E-state index is 0.124. The van der Waals surface area contributed by atoms with Crippen molar-refractivity contribution in [2.24, 2.45) is 42.9 Å². The van der Waals surface area contributed by atoms with E-state index in [4.69, 9.17) is 65.1 Å². The Morgan fingerprint density at radius 1 is 0.712 bits per heavy atom. The first-order chi connectivity index (χ1) is 28.6. The molecule has 7 rings (SSSR count). The molecule has 10 N–H and O–H groups in total. The molecule has 4 aromatic carbocycles. The highest BCUT2D eigenvalue weighted by molar-refractivity contribution is 6.31. The topological polar surface area (TPSA) is 218 Å². The molecule has 0 fully saturated rings. The van der Waals surface area contributed by atoms with Crippen LogP contribution in [0.2, 0.25) is 10.0 Å². The minimum Gasteiger partial charge on any atom is -0.493 e. The second-order valence-electron chi connectivity index (χ2n) is 13.4. The second-order valence-corrected chi connectivity index (χ2v) is 14.3. The Bertz CT molecular complexity index is 2290. The van der Waals surface area contributed by atoms with E-state index in [1.54, 1.807) is 62.8 Å². The third-order valence-corrected chi connectivity index (χ3v) is 9.82. The number of methoxy groups -OCH3 is 2. The van der Waals surface area contributed by atoms with Crippen molar-refractivity contribution in [3.63, 3.8) is 0 Å². The molecule has 0 atom stereocenters. The number of nitrogens with zero attached hydrogens (tertiary/aromatic N) is 5. The first kappa shape index (κ1) is 42.2. The number of unbranched alkanes of at least 4 members (excludes halogenated alkanes) is 3. The molecular weight excluding hydrogens is 793 g/mol. The van der Waals surface area contributed by atoms with E-state index in [1.807, 2.05) is 6.07 Å². The molecule has 2 aliphatic rings. The molecule has 0 unspecified atom stereocenters. The molecule has 17 heteroatoms. The van der Waals surface area contributed by atoms with Crippen LogP contribution in [0.5, 0.6) is 23.0 Å². The maximum absolute atomic E-state index is 5.85. The predicted octanol–water partition coefficient (Wildman–Crippen LogP) is 6.43. The van der Waals surface area contributed by atoms with Crippen LogP contribution in [0, 0.1) is 0 Å². The largest absolute Gasteiger partial charge is 0.493 e. The first-order valence-electron chi connectivity index (χ1n) is 18.9. The molecule has 1 aromatic heterocycles. The van der Waals surface area contributed by atoms with Crippen LogP contribution in [-0.2, 0) is 13.0 Å². The summed E-state index contributed by atoms with van der Waals surface area (Å²) in [5.41, 5.74) is 28.4. The molecule has 59 heavy (non-hydrogen) atoms. The van der Waals surface area contributed by atoms with E-state index >= 15 is 0 Å². The first-order valence-corrected chi connectivity index (χ1v) is 19.7. The fraction of sp³-hybridized carbons (Fsp3) is 0.262. The molecule has 2 aliphatic heterocycles. The summed E-state index contributed by atoms with van der Waals surface area (Å²) >= 11 is 11.7. The Morgan fingerprint density at radius 3 is 1.81 bits per heavy atom. The van der Waals surface area contributed by atoms with E-state index in [0.29, 0.717) is 29.9 Å². The third-order valence-electron chi connectivity index (χ3n) is 9.32. The number of hydrogen-bond acceptors (Lipinski definition) is 6. The fourth-order valence-corrected chi connectivity index (χ4v) is 6.72. The van der Waals surface area contributed by atoms with Crippen LogP contribution in [0.15, 0.2) is 105 Å². The highest BCUT2D eigenvalue weighted by atomic mass is 35.5. The van der Waals surface area contributed by atoms with Crippen LogP contribution in [0.3, 0.4) is 0 Å². The number of nitrogens with two attached hydrogens (primary N) is 4. The Labute approximate surface area is 352 Å². The van der Waals surface area contributed by atoms with E-state index in [-0.39, 0.29) is 23.8 Å². The second kappa shape index (κ2) is 20.3. The van der Waals surface area contributed by atoms with Gasteiger partial charge in [-0.05, 0) is 96.6 Å². The number of pyridine rings is 1. The summed E-state index contributed by atoms with van der Waals surface area (Å²) in [6, 6.07) is 24.6. The van der Waals surface area contributed by atoms with Gasteiger partial charge in [-0.1, -0.05) is 36.0 Å². The molecule has 5 aromatic rings. The Hall–Kier alpha value is -6.45. The van der Waals surface area contributed by atoms with E-state index in [9.17, 15) is 0 Å². The smallest absolute Gasteiger partial charge is 0.231 e. The number of guanidine groups is 4. The lowest BCUT2D eigenvalue weighted by Crippen LogP contribution is -2.40. The summed E-state index contributed by atoms with van der Waals surface area (Å²) in [6.45, 7) is 2.34. The summed E-state index contributed by atoms with van der Waals surface area (Å²) in [7, 11) is 3.34. The number of aliphatic imine (C=N–C) groups is 4. The van der Waals surface area contributed by atoms with Crippen LogP contribution in [0.4, 0.5) is 11.4 Å². The normalized spacial score (nSPS) is 13.6. The Kier molecular flexibility index (Phi) is 14.5. The van der Waals surface area contributed by atoms with Crippen LogP contribution in [0.1, 0.15) is 31.2 Å². The number of fused-ring (bicyclic) bond motifs is 5. The number of ether oxygens (including phenoxy) is 4. The molecule has 15 nitrogen and oxygen atoms in total. The summed E-state index contributed by atoms with van der Waals surface area (Å²) in [5, 5.41) is 9.28. The van der Waals surface area contributed by atoms with Gasteiger partial charge in [-0.2, -0.15) is 14.6 Å². The van der Waals surface area contributed by atoms with E-state index in [0.717, 1.165) is 83.8 Å². The van der Waals surface area contributed by atoms with Crippen LogP contribution >= 0.6 is 23.2 Å². The van der Waals surface area contributed by atoms with Crippen molar-refractivity contribution in [2.75, 3.05) is 44.7 Å². The van der Waals surface area contributed by atoms with E-state index < -0.39 is 0 Å². The molecule has 308 valence electrons. The number of rotatable bonds is 11. The van der Waals surface area contributed by atoms with Crippen molar-refractivity contribution in [3.05, 3.63) is 101 Å². The highest BCUT2D eigenvalue weighted by Gasteiger charge is 2.28. The molecule has 0 bridgehead atoms. The zero-order valence-electron chi connectivity index (χ0n) is 32.9. The van der Waals surface area contributed by atoms with Gasteiger partial charge in [0.1, 0.15) is 0 Å². The molecule has 0 amide bonds. The summed E-state index contributed by atoms with van der Waals surface area (Å²) < 4.78 is 24.4. The van der Waals surface area contributed by atoms with Crippen molar-refractivity contribution in [2.45, 2.75) is 38.6 Å². The molecule has 0 aliphatic carbocycles. The average molecular weight is 842 g/mol. The molecular formula is C42H48Cl2N11O4+. The van der Waals surface area contributed by atoms with Crippen LogP contribution in [-0.4, -0.2) is 57.9 Å². The van der Waals surface area contributed by atoms with Crippen LogP contribution in [0.25, 0.3) is 22.0 Å². The lowest BCUT2D eigenvalue weighted by atomic mass is 9.95. The maximum atomic E-state index is 5.85. The van der Waals surface area contributed by atoms with Gasteiger partial charge in [-0.25, -0.2) is 0 Å². The van der Waals surface area contributed by atoms with Gasteiger partial charge in [0, 0.05) is 47.0 Å². The van der Waals surface area contributed by atoms with E-state index in [2.05, 4.69) is 65.6 Å². The van der Waals surface area contributed by atoms with Gasteiger partial charge in [-0.3, -0.25) is 9.98 Å². The van der Waals surface area contributed by atoms with Crippen molar-refractivity contribution in [3.8, 4) is 34.3 Å². The van der Waals surface area contributed by atoms with Gasteiger partial charge in [0.25, 0.3) is 0 Å². The average Bonchev–Trinajstić information content (AvgIpc) is 3.69. The van der Waals surface area contributed by atoms with Gasteiger partial charge in [0.05, 0.1) is 25.2 Å². The number of anilines is 2. The van der Waals surface area contributed by atoms with Crippen molar-refractivity contribution >= 4 is 69.2 Å². The zero-order valence-corrected chi connectivity index (χ0v) is 34.4. The number of hydrogen-bond donors (Lipinski definition) is 6. The number of nitrogens with one attached hydrogen (secondary N) is 2. The van der Waals surface area contributed by atoms with Crippen LogP contribution < -0.4 is 57.1 Å². The summed E-state index contributed by atoms with van der Waals surface area (Å²) in [5.74, 6) is 3.75. The van der Waals surface area contributed by atoms with Crippen molar-refractivity contribution in [1.82, 2.24) is 0 Å². The molecule has 3 heterocycles. The Balaban J connectivity index is 0.000000206.